The van der Waals surface area contributed by atoms with Crippen LogP contribution in [0.3, 0.4) is 0 Å². The summed E-state index contributed by atoms with van der Waals surface area (Å²) in [6.07, 6.45) is 4.86. The highest BCUT2D eigenvalue weighted by Crippen LogP contribution is 2.46. The van der Waals surface area contributed by atoms with Crippen molar-refractivity contribution in [1.82, 2.24) is 4.90 Å². The summed E-state index contributed by atoms with van der Waals surface area (Å²) in [5.41, 5.74) is -1.11. The number of ether oxygens (including phenoxy) is 1. The molecule has 136 valence electrons. The van der Waals surface area contributed by atoms with Crippen LogP contribution in [0.2, 0.25) is 0 Å². The Balaban J connectivity index is 1.83. The summed E-state index contributed by atoms with van der Waals surface area (Å²) < 4.78 is 6.35. The SMILES string of the molecule is CC(C)(CN1C2CCCC1(Oc1ccc(C(=O)O)cc1)CC2)C(=O)O. The summed E-state index contributed by atoms with van der Waals surface area (Å²) >= 11 is 0. The smallest absolute Gasteiger partial charge is 0.335 e. The lowest BCUT2D eigenvalue weighted by Crippen LogP contribution is -2.57. The molecule has 0 radical (unpaired) electrons. The van der Waals surface area contributed by atoms with Crippen LogP contribution in [-0.2, 0) is 4.79 Å². The van der Waals surface area contributed by atoms with Gasteiger partial charge < -0.3 is 14.9 Å². The van der Waals surface area contributed by atoms with E-state index in [2.05, 4.69) is 4.90 Å². The van der Waals surface area contributed by atoms with Gasteiger partial charge in [0.25, 0.3) is 0 Å². The van der Waals surface area contributed by atoms with Gasteiger partial charge >= 0.3 is 11.9 Å². The van der Waals surface area contributed by atoms with E-state index in [1.165, 1.54) is 12.1 Å². The first kappa shape index (κ1) is 17.7. The number of benzene rings is 1. The van der Waals surface area contributed by atoms with Crippen LogP contribution in [0.4, 0.5) is 0 Å². The molecule has 6 heteroatoms. The highest BCUT2D eigenvalue weighted by Gasteiger charge is 2.52. The number of hydrogen-bond donors (Lipinski definition) is 2. The minimum atomic E-state index is -0.965. The fourth-order valence-electron chi connectivity index (χ4n) is 4.02. The number of aliphatic carboxylic acids is 1. The third-order valence-electron chi connectivity index (χ3n) is 5.49. The average Bonchev–Trinajstić information content (AvgIpc) is 2.73. The lowest BCUT2D eigenvalue weighted by atomic mass is 9.89. The van der Waals surface area contributed by atoms with E-state index in [1.54, 1.807) is 26.0 Å². The van der Waals surface area contributed by atoms with E-state index in [0.29, 0.717) is 18.3 Å². The van der Waals surface area contributed by atoms with Gasteiger partial charge in [-0.2, -0.15) is 0 Å². The molecule has 0 spiro atoms. The molecule has 0 aliphatic carbocycles. The van der Waals surface area contributed by atoms with Crippen molar-refractivity contribution in [2.45, 2.75) is 57.7 Å². The maximum absolute atomic E-state index is 11.6. The molecule has 25 heavy (non-hydrogen) atoms. The summed E-state index contributed by atoms with van der Waals surface area (Å²) in [7, 11) is 0. The van der Waals surface area contributed by atoms with Gasteiger partial charge in [0.2, 0.25) is 0 Å². The first-order chi connectivity index (χ1) is 11.7. The molecule has 0 amide bonds. The van der Waals surface area contributed by atoms with Gasteiger partial charge in [-0.15, -0.1) is 0 Å². The Kier molecular flexibility index (Phi) is 4.49. The van der Waals surface area contributed by atoms with Crippen molar-refractivity contribution in [3.63, 3.8) is 0 Å². The van der Waals surface area contributed by atoms with Gasteiger partial charge in [-0.25, -0.2) is 4.79 Å². The molecule has 2 saturated heterocycles. The van der Waals surface area contributed by atoms with Gasteiger partial charge in [-0.05, 0) is 57.4 Å². The van der Waals surface area contributed by atoms with Crippen molar-refractivity contribution in [1.29, 1.82) is 0 Å². The minimum absolute atomic E-state index is 0.224. The zero-order chi connectivity index (χ0) is 18.2. The number of nitrogens with zero attached hydrogens (tertiary/aromatic N) is 1. The van der Waals surface area contributed by atoms with Crippen molar-refractivity contribution >= 4 is 11.9 Å². The van der Waals surface area contributed by atoms with Gasteiger partial charge in [-0.3, -0.25) is 9.69 Å². The second-order valence-corrected chi connectivity index (χ2v) is 7.78. The molecular weight excluding hydrogens is 322 g/mol. The lowest BCUT2D eigenvalue weighted by Gasteiger charge is -2.46. The van der Waals surface area contributed by atoms with E-state index < -0.39 is 23.1 Å². The van der Waals surface area contributed by atoms with E-state index in [4.69, 9.17) is 9.84 Å². The third kappa shape index (κ3) is 3.35. The number of carboxylic acids is 2. The molecule has 1 aromatic carbocycles. The van der Waals surface area contributed by atoms with Crippen molar-refractivity contribution in [2.75, 3.05) is 6.54 Å². The molecule has 2 N–H and O–H groups in total. The zero-order valence-corrected chi connectivity index (χ0v) is 14.7. The Bertz CT molecular complexity index is 665. The number of piperidine rings is 1. The molecule has 2 fully saturated rings. The van der Waals surface area contributed by atoms with Gasteiger partial charge in [0.1, 0.15) is 5.75 Å². The molecule has 2 aliphatic heterocycles. The van der Waals surface area contributed by atoms with Crippen LogP contribution < -0.4 is 4.74 Å². The average molecular weight is 347 g/mol. The quantitative estimate of drug-likeness (QED) is 0.821. The number of carbonyl (C=O) groups is 2. The second-order valence-electron chi connectivity index (χ2n) is 7.78. The summed E-state index contributed by atoms with van der Waals surface area (Å²) in [6.45, 7) is 3.94. The first-order valence-corrected chi connectivity index (χ1v) is 8.76. The van der Waals surface area contributed by atoms with Gasteiger partial charge in [0.15, 0.2) is 5.72 Å². The first-order valence-electron chi connectivity index (χ1n) is 8.76. The van der Waals surface area contributed by atoms with E-state index in [9.17, 15) is 14.7 Å². The largest absolute Gasteiger partial charge is 0.481 e. The Morgan fingerprint density at radius 1 is 1.20 bits per heavy atom. The van der Waals surface area contributed by atoms with Crippen LogP contribution in [0.25, 0.3) is 0 Å². The van der Waals surface area contributed by atoms with E-state index in [0.717, 1.165) is 32.1 Å². The van der Waals surface area contributed by atoms with Crippen LogP contribution in [-0.4, -0.2) is 45.4 Å². The molecule has 2 unspecified atom stereocenters. The number of fused-ring (bicyclic) bond motifs is 2. The highest BCUT2D eigenvalue weighted by molar-refractivity contribution is 5.87. The standard InChI is InChI=1S/C19H25NO5/c1-18(2,17(23)24)12-20-14-4-3-10-19(20,11-9-14)25-15-7-5-13(6-8-15)16(21)22/h5-8,14H,3-4,9-12H2,1-2H3,(H,21,22)(H,23,24). The molecule has 2 heterocycles. The minimum Gasteiger partial charge on any atom is -0.481 e. The van der Waals surface area contributed by atoms with Crippen molar-refractivity contribution < 1.29 is 24.5 Å². The highest BCUT2D eigenvalue weighted by atomic mass is 16.5. The van der Waals surface area contributed by atoms with Crippen LogP contribution in [0.5, 0.6) is 5.75 Å². The fraction of sp³-hybridized carbons (Fsp3) is 0.579. The molecular formula is C19H25NO5. The number of carboxylic acid groups (broad SMARTS) is 2. The number of hydrogen-bond acceptors (Lipinski definition) is 4. The number of rotatable bonds is 6. The Morgan fingerprint density at radius 3 is 2.48 bits per heavy atom. The van der Waals surface area contributed by atoms with E-state index in [1.807, 2.05) is 0 Å². The van der Waals surface area contributed by atoms with Crippen molar-refractivity contribution in [3.8, 4) is 5.75 Å². The summed E-state index contributed by atoms with van der Waals surface area (Å²) in [6, 6.07) is 6.79. The monoisotopic (exact) mass is 347 g/mol. The molecule has 0 aromatic heterocycles. The van der Waals surface area contributed by atoms with Crippen LogP contribution in [0.15, 0.2) is 24.3 Å². The van der Waals surface area contributed by atoms with E-state index in [-0.39, 0.29) is 5.56 Å². The Labute approximate surface area is 147 Å². The molecule has 3 rings (SSSR count). The molecule has 6 nitrogen and oxygen atoms in total. The molecule has 2 atom stereocenters. The Morgan fingerprint density at radius 2 is 1.88 bits per heavy atom. The van der Waals surface area contributed by atoms with Crippen LogP contribution >= 0.6 is 0 Å². The topological polar surface area (TPSA) is 87.1 Å². The maximum Gasteiger partial charge on any atom is 0.335 e. The third-order valence-corrected chi connectivity index (χ3v) is 5.49. The lowest BCUT2D eigenvalue weighted by molar-refractivity contribution is -0.155. The summed E-state index contributed by atoms with van der Waals surface area (Å²) in [5.74, 6) is -1.14. The summed E-state index contributed by atoms with van der Waals surface area (Å²) in [5, 5.41) is 18.5. The molecule has 0 saturated carbocycles. The van der Waals surface area contributed by atoms with Gasteiger partial charge in [-0.1, -0.05) is 0 Å². The number of aromatic carboxylic acids is 1. The zero-order valence-electron chi connectivity index (χ0n) is 14.7. The predicted molar refractivity (Wildman–Crippen MR) is 91.8 cm³/mol. The van der Waals surface area contributed by atoms with Crippen molar-refractivity contribution in [2.24, 2.45) is 5.41 Å². The van der Waals surface area contributed by atoms with Gasteiger partial charge in [0.05, 0.1) is 11.0 Å². The normalized spacial score (nSPS) is 26.4. The van der Waals surface area contributed by atoms with E-state index >= 15 is 0 Å². The molecule has 2 bridgehead atoms. The van der Waals surface area contributed by atoms with Gasteiger partial charge in [0, 0.05) is 25.4 Å². The fourth-order valence-corrected chi connectivity index (χ4v) is 4.02. The predicted octanol–water partition coefficient (Wildman–Crippen LogP) is 3.22. The second kappa shape index (κ2) is 6.33. The Hall–Kier alpha value is -2.08. The maximum atomic E-state index is 11.6. The van der Waals surface area contributed by atoms with Crippen molar-refractivity contribution in [3.05, 3.63) is 29.8 Å². The van der Waals surface area contributed by atoms with Crippen LogP contribution in [0.1, 0.15) is 56.3 Å². The van der Waals surface area contributed by atoms with Crippen LogP contribution in [0, 0.1) is 5.41 Å². The molecule has 1 aromatic rings. The molecule has 2 aliphatic rings. The summed E-state index contributed by atoms with van der Waals surface area (Å²) in [4.78, 5) is 24.8.